The van der Waals surface area contributed by atoms with Crippen LogP contribution < -0.4 is 20.9 Å². The van der Waals surface area contributed by atoms with Crippen LogP contribution in [0.15, 0.2) is 48.5 Å². The molecule has 0 atom stereocenters. The number of nitrogens with zero attached hydrogens (tertiary/aromatic N) is 3. The molecule has 1 fully saturated rings. The number of carbonyl (C=O) groups is 1. The zero-order valence-electron chi connectivity index (χ0n) is 19.4. The standard InChI is InChI=1S/C25H27ClF3N5O/c1-33(2)21-14-22(32-20-9-4-3-6-17(20)21)31-15-10-12-16(13-11-15)34(24(30)35)23-18(25(27,28)29)7-5-8-19(23)26/h3-9,14-16H,10-13H2,1-2H3,(H2,30,35)(H,31,32). The second-order valence-corrected chi connectivity index (χ2v) is 9.34. The third-order valence-electron chi connectivity index (χ3n) is 6.36. The lowest BCUT2D eigenvalue weighted by Gasteiger charge is -2.37. The van der Waals surface area contributed by atoms with Crippen molar-refractivity contribution >= 4 is 45.7 Å². The number of primary amides is 1. The first kappa shape index (κ1) is 24.9. The Bertz CT molecular complexity index is 1230. The van der Waals surface area contributed by atoms with Crippen LogP contribution in [-0.4, -0.2) is 37.2 Å². The molecule has 0 unspecified atom stereocenters. The monoisotopic (exact) mass is 505 g/mol. The van der Waals surface area contributed by atoms with Gasteiger partial charge >= 0.3 is 12.2 Å². The van der Waals surface area contributed by atoms with Gasteiger partial charge in [0.05, 0.1) is 21.8 Å². The van der Waals surface area contributed by atoms with Gasteiger partial charge in [-0.25, -0.2) is 9.78 Å². The molecule has 2 aromatic carbocycles. The molecule has 3 N–H and O–H groups in total. The number of rotatable bonds is 5. The Hall–Kier alpha value is -3.20. The van der Waals surface area contributed by atoms with Crippen molar-refractivity contribution in [3.8, 4) is 0 Å². The number of urea groups is 1. The summed E-state index contributed by atoms with van der Waals surface area (Å²) >= 11 is 6.14. The molecule has 0 radical (unpaired) electrons. The molecule has 1 saturated carbocycles. The summed E-state index contributed by atoms with van der Waals surface area (Å²) in [6, 6.07) is 12.0. The number of carbonyl (C=O) groups excluding carboxylic acids is 1. The number of halogens is 4. The Morgan fingerprint density at radius 3 is 2.40 bits per heavy atom. The highest BCUT2D eigenvalue weighted by atomic mass is 35.5. The highest BCUT2D eigenvalue weighted by Crippen LogP contribution is 2.43. The molecular weight excluding hydrogens is 479 g/mol. The maximum Gasteiger partial charge on any atom is 0.418 e. The summed E-state index contributed by atoms with van der Waals surface area (Å²) in [5, 5.41) is 4.35. The van der Waals surface area contributed by atoms with E-state index in [0.717, 1.165) is 33.4 Å². The summed E-state index contributed by atoms with van der Waals surface area (Å²) in [6.07, 6.45) is -2.47. The Kier molecular flexibility index (Phi) is 6.98. The highest BCUT2D eigenvalue weighted by Gasteiger charge is 2.39. The zero-order chi connectivity index (χ0) is 25.3. The van der Waals surface area contributed by atoms with E-state index in [0.29, 0.717) is 25.7 Å². The number of aromatic nitrogens is 1. The summed E-state index contributed by atoms with van der Waals surface area (Å²) in [6.45, 7) is 0. The minimum atomic E-state index is -4.67. The van der Waals surface area contributed by atoms with Gasteiger partial charge in [0, 0.05) is 43.3 Å². The van der Waals surface area contributed by atoms with E-state index >= 15 is 0 Å². The lowest BCUT2D eigenvalue weighted by Crippen LogP contribution is -2.47. The normalized spacial score (nSPS) is 18.3. The van der Waals surface area contributed by atoms with Crippen molar-refractivity contribution in [1.29, 1.82) is 0 Å². The maximum atomic E-state index is 13.7. The lowest BCUT2D eigenvalue weighted by molar-refractivity contribution is -0.137. The average Bonchev–Trinajstić information content (AvgIpc) is 2.80. The number of fused-ring (bicyclic) bond motifs is 1. The first-order valence-electron chi connectivity index (χ1n) is 11.3. The lowest BCUT2D eigenvalue weighted by atomic mass is 9.89. The molecule has 10 heteroatoms. The van der Waals surface area contributed by atoms with Crippen LogP contribution in [0, 0.1) is 0 Å². The molecule has 0 aliphatic heterocycles. The number of hydrogen-bond acceptors (Lipinski definition) is 4. The SMILES string of the molecule is CN(C)c1cc(NC2CCC(N(C(N)=O)c3c(Cl)cccc3C(F)(F)F)CC2)nc2ccccc12. The van der Waals surface area contributed by atoms with Gasteiger partial charge in [0.25, 0.3) is 0 Å². The van der Waals surface area contributed by atoms with Crippen molar-refractivity contribution in [1.82, 2.24) is 4.98 Å². The topological polar surface area (TPSA) is 74.5 Å². The molecule has 1 aliphatic carbocycles. The van der Waals surface area contributed by atoms with Crippen molar-refractivity contribution in [2.45, 2.75) is 43.9 Å². The van der Waals surface area contributed by atoms with Gasteiger partial charge in [-0.2, -0.15) is 13.2 Å². The van der Waals surface area contributed by atoms with Crippen LogP contribution in [0.3, 0.4) is 0 Å². The van der Waals surface area contributed by atoms with Crippen LogP contribution in [0.5, 0.6) is 0 Å². The number of hydrogen-bond donors (Lipinski definition) is 2. The molecule has 1 heterocycles. The molecular formula is C25H27ClF3N5O. The van der Waals surface area contributed by atoms with Gasteiger partial charge < -0.3 is 16.0 Å². The first-order chi connectivity index (χ1) is 16.6. The fourth-order valence-corrected chi connectivity index (χ4v) is 5.02. The van der Waals surface area contributed by atoms with Gasteiger partial charge in [0.2, 0.25) is 0 Å². The summed E-state index contributed by atoms with van der Waals surface area (Å²) in [5.74, 6) is 0.730. The zero-order valence-corrected chi connectivity index (χ0v) is 20.2. The Morgan fingerprint density at radius 1 is 1.09 bits per heavy atom. The predicted octanol–water partition coefficient (Wildman–Crippen LogP) is 6.28. The van der Waals surface area contributed by atoms with Crippen LogP contribution >= 0.6 is 11.6 Å². The van der Waals surface area contributed by atoms with E-state index in [9.17, 15) is 18.0 Å². The number of para-hydroxylation sites is 2. The molecule has 0 spiro atoms. The van der Waals surface area contributed by atoms with Crippen molar-refractivity contribution in [3.05, 3.63) is 59.1 Å². The average molecular weight is 506 g/mol. The van der Waals surface area contributed by atoms with Crippen molar-refractivity contribution < 1.29 is 18.0 Å². The second-order valence-electron chi connectivity index (χ2n) is 8.93. The van der Waals surface area contributed by atoms with E-state index in [4.69, 9.17) is 22.3 Å². The van der Waals surface area contributed by atoms with Crippen LogP contribution in [-0.2, 0) is 6.18 Å². The summed E-state index contributed by atoms with van der Waals surface area (Å²) < 4.78 is 41.0. The molecule has 4 rings (SSSR count). The Morgan fingerprint density at radius 2 is 1.77 bits per heavy atom. The van der Waals surface area contributed by atoms with Gasteiger partial charge in [-0.15, -0.1) is 0 Å². The third-order valence-corrected chi connectivity index (χ3v) is 6.67. The number of nitrogens with one attached hydrogen (secondary N) is 1. The minimum absolute atomic E-state index is 0.0537. The van der Waals surface area contributed by atoms with E-state index in [2.05, 4.69) is 5.32 Å². The highest BCUT2D eigenvalue weighted by molar-refractivity contribution is 6.34. The van der Waals surface area contributed by atoms with Crippen LogP contribution in [0.1, 0.15) is 31.2 Å². The second kappa shape index (κ2) is 9.81. The molecule has 35 heavy (non-hydrogen) atoms. The molecule has 0 saturated heterocycles. The van der Waals surface area contributed by atoms with Crippen LogP contribution in [0.25, 0.3) is 10.9 Å². The molecule has 186 valence electrons. The third kappa shape index (κ3) is 5.24. The molecule has 2 amide bonds. The minimum Gasteiger partial charge on any atom is -0.377 e. The number of nitrogens with two attached hydrogens (primary N) is 1. The molecule has 3 aromatic rings. The van der Waals surface area contributed by atoms with E-state index in [-0.39, 0.29) is 16.8 Å². The first-order valence-corrected chi connectivity index (χ1v) is 11.7. The van der Waals surface area contributed by atoms with E-state index in [1.54, 1.807) is 0 Å². The van der Waals surface area contributed by atoms with Gasteiger partial charge in [-0.05, 0) is 43.9 Å². The van der Waals surface area contributed by atoms with Gasteiger partial charge in [0.1, 0.15) is 5.82 Å². The molecule has 1 aliphatic rings. The van der Waals surface area contributed by atoms with E-state index in [1.165, 1.54) is 12.1 Å². The van der Waals surface area contributed by atoms with E-state index < -0.39 is 23.8 Å². The van der Waals surface area contributed by atoms with Gasteiger partial charge in [-0.1, -0.05) is 35.9 Å². The Balaban J connectivity index is 1.53. The number of alkyl halides is 3. The number of benzene rings is 2. The number of pyridine rings is 1. The van der Waals surface area contributed by atoms with Gasteiger partial charge in [0.15, 0.2) is 0 Å². The Labute approximate surface area is 206 Å². The van der Waals surface area contributed by atoms with E-state index in [1.807, 2.05) is 49.3 Å². The van der Waals surface area contributed by atoms with Gasteiger partial charge in [-0.3, -0.25) is 4.90 Å². The molecule has 0 bridgehead atoms. The largest absolute Gasteiger partial charge is 0.418 e. The molecule has 1 aromatic heterocycles. The van der Waals surface area contributed by atoms with Crippen molar-refractivity contribution in [2.75, 3.05) is 29.2 Å². The number of anilines is 3. The molecule has 6 nitrogen and oxygen atoms in total. The van der Waals surface area contributed by atoms with Crippen molar-refractivity contribution in [2.24, 2.45) is 5.73 Å². The predicted molar refractivity (Wildman–Crippen MR) is 134 cm³/mol. The van der Waals surface area contributed by atoms with Crippen LogP contribution in [0.2, 0.25) is 5.02 Å². The maximum absolute atomic E-state index is 13.7. The summed E-state index contributed by atoms with van der Waals surface area (Å²) in [7, 11) is 3.94. The van der Waals surface area contributed by atoms with Crippen molar-refractivity contribution in [3.63, 3.8) is 0 Å². The summed E-state index contributed by atoms with van der Waals surface area (Å²) in [4.78, 5) is 20.1. The fraction of sp³-hybridized carbons (Fsp3) is 0.360. The number of amides is 2. The van der Waals surface area contributed by atoms with Crippen LogP contribution in [0.4, 0.5) is 35.2 Å². The quantitative estimate of drug-likeness (QED) is 0.428. The smallest absolute Gasteiger partial charge is 0.377 e. The fourth-order valence-electron chi connectivity index (χ4n) is 4.75. The summed E-state index contributed by atoms with van der Waals surface area (Å²) in [5.41, 5.74) is 6.12.